The van der Waals surface area contributed by atoms with Gasteiger partial charge in [-0.15, -0.1) is 0 Å². The number of aliphatic hydroxyl groups is 1. The van der Waals surface area contributed by atoms with E-state index in [9.17, 15) is 5.11 Å². The second-order valence-corrected chi connectivity index (χ2v) is 4.42. The van der Waals surface area contributed by atoms with Crippen molar-refractivity contribution in [2.24, 2.45) is 0 Å². The van der Waals surface area contributed by atoms with E-state index in [1.165, 1.54) is 16.3 Å². The summed E-state index contributed by atoms with van der Waals surface area (Å²) in [7, 11) is 0. The Labute approximate surface area is 99.5 Å². The molecule has 0 fully saturated rings. The summed E-state index contributed by atoms with van der Waals surface area (Å²) < 4.78 is 5.60. The number of benzene rings is 2. The lowest BCUT2D eigenvalue weighted by Gasteiger charge is -2.08. The second-order valence-electron chi connectivity index (χ2n) is 4.42. The van der Waals surface area contributed by atoms with Crippen molar-refractivity contribution in [1.29, 1.82) is 0 Å². The number of fused-ring (bicyclic) bond motifs is 2. The zero-order valence-electron chi connectivity index (χ0n) is 9.95. The third kappa shape index (κ3) is 1.31. The van der Waals surface area contributed by atoms with Crippen molar-refractivity contribution in [3.63, 3.8) is 0 Å². The van der Waals surface area contributed by atoms with Crippen molar-refractivity contribution in [2.75, 3.05) is 0 Å². The third-order valence-corrected chi connectivity index (χ3v) is 3.49. The molecule has 3 rings (SSSR count). The first-order chi connectivity index (χ1) is 8.24. The van der Waals surface area contributed by atoms with Gasteiger partial charge in [0.1, 0.15) is 5.58 Å². The van der Waals surface area contributed by atoms with Gasteiger partial charge in [-0.3, -0.25) is 0 Å². The van der Waals surface area contributed by atoms with Gasteiger partial charge in [-0.2, -0.15) is 0 Å². The van der Waals surface area contributed by atoms with Gasteiger partial charge in [0.05, 0.1) is 12.9 Å². The number of furan rings is 1. The Morgan fingerprint density at radius 2 is 1.71 bits per heavy atom. The molecule has 1 heterocycles. The number of hydrogen-bond acceptors (Lipinski definition) is 2. The summed E-state index contributed by atoms with van der Waals surface area (Å²) in [4.78, 5) is 0. The summed E-state index contributed by atoms with van der Waals surface area (Å²) in [6.45, 7) is 4.17. The fraction of sp³-hybridized carbons (Fsp3) is 0.200. The quantitative estimate of drug-likeness (QED) is 0.686. The van der Waals surface area contributed by atoms with E-state index in [1.807, 2.05) is 12.1 Å². The zero-order chi connectivity index (χ0) is 12.0. The zero-order valence-corrected chi connectivity index (χ0v) is 9.95. The van der Waals surface area contributed by atoms with Gasteiger partial charge in [0.25, 0.3) is 0 Å². The predicted octanol–water partition coefficient (Wildman–Crippen LogP) is 3.70. The fourth-order valence-electron chi connectivity index (χ4n) is 2.59. The van der Waals surface area contributed by atoms with Crippen LogP contribution in [0.4, 0.5) is 0 Å². The van der Waals surface area contributed by atoms with E-state index in [-0.39, 0.29) is 6.61 Å². The van der Waals surface area contributed by atoms with E-state index in [0.29, 0.717) is 0 Å². The molecule has 0 aliphatic heterocycles. The van der Waals surface area contributed by atoms with Crippen LogP contribution >= 0.6 is 0 Å². The maximum absolute atomic E-state index is 9.35. The topological polar surface area (TPSA) is 33.4 Å². The van der Waals surface area contributed by atoms with Crippen molar-refractivity contribution in [2.45, 2.75) is 20.5 Å². The molecule has 0 unspecified atom stereocenters. The normalized spacial score (nSPS) is 11.5. The van der Waals surface area contributed by atoms with E-state index in [4.69, 9.17) is 4.42 Å². The average molecular weight is 226 g/mol. The Hall–Kier alpha value is -1.80. The highest BCUT2D eigenvalue weighted by atomic mass is 16.3. The highest BCUT2D eigenvalue weighted by molar-refractivity contribution is 6.04. The molecule has 1 aromatic heterocycles. The van der Waals surface area contributed by atoms with Gasteiger partial charge in [0.15, 0.2) is 0 Å². The first-order valence-electron chi connectivity index (χ1n) is 5.73. The lowest BCUT2D eigenvalue weighted by molar-refractivity contribution is 0.281. The van der Waals surface area contributed by atoms with Crippen LogP contribution in [0.15, 0.2) is 34.9 Å². The molecule has 2 heteroatoms. The average Bonchev–Trinajstić information content (AvgIpc) is 2.80. The van der Waals surface area contributed by atoms with Crippen LogP contribution in [-0.2, 0) is 6.61 Å². The van der Waals surface area contributed by atoms with Crippen molar-refractivity contribution < 1.29 is 9.52 Å². The molecule has 0 spiro atoms. The first kappa shape index (κ1) is 10.4. The molecule has 86 valence electrons. The largest absolute Gasteiger partial charge is 0.464 e. The third-order valence-electron chi connectivity index (χ3n) is 3.49. The summed E-state index contributed by atoms with van der Waals surface area (Å²) in [5.74, 6) is 0. The number of aliphatic hydroxyl groups excluding tert-OH is 1. The minimum absolute atomic E-state index is 0.0195. The second kappa shape index (κ2) is 3.60. The minimum Gasteiger partial charge on any atom is -0.464 e. The maximum atomic E-state index is 9.35. The van der Waals surface area contributed by atoms with E-state index < -0.39 is 0 Å². The molecular weight excluding hydrogens is 212 g/mol. The summed E-state index contributed by atoms with van der Waals surface area (Å²) in [6.07, 6.45) is 1.66. The van der Waals surface area contributed by atoms with Crippen LogP contribution in [0, 0.1) is 13.8 Å². The van der Waals surface area contributed by atoms with Gasteiger partial charge in [0.2, 0.25) is 0 Å². The molecule has 2 aromatic carbocycles. The van der Waals surface area contributed by atoms with Crippen LogP contribution in [0.1, 0.15) is 16.7 Å². The molecule has 17 heavy (non-hydrogen) atoms. The highest BCUT2D eigenvalue weighted by Gasteiger charge is 2.14. The summed E-state index contributed by atoms with van der Waals surface area (Å²) in [6, 6.07) is 8.30. The number of aryl methyl sites for hydroxylation is 2. The Bertz CT molecular complexity index is 708. The molecule has 0 radical (unpaired) electrons. The first-order valence-corrected chi connectivity index (χ1v) is 5.73. The molecule has 0 bridgehead atoms. The van der Waals surface area contributed by atoms with Gasteiger partial charge in [0, 0.05) is 16.5 Å². The Morgan fingerprint density at radius 3 is 2.35 bits per heavy atom. The molecule has 0 atom stereocenters. The van der Waals surface area contributed by atoms with E-state index in [0.717, 1.165) is 22.1 Å². The number of hydrogen-bond donors (Lipinski definition) is 1. The Kier molecular flexibility index (Phi) is 2.20. The smallest absolute Gasteiger partial charge is 0.138 e. The van der Waals surface area contributed by atoms with E-state index in [2.05, 4.69) is 26.0 Å². The van der Waals surface area contributed by atoms with Crippen molar-refractivity contribution in [3.05, 3.63) is 47.2 Å². The Morgan fingerprint density at radius 1 is 1.06 bits per heavy atom. The van der Waals surface area contributed by atoms with Crippen LogP contribution in [-0.4, -0.2) is 5.11 Å². The SMILES string of the molecule is Cc1c2ccccc2c(C)c2c(CO)coc12. The van der Waals surface area contributed by atoms with Gasteiger partial charge >= 0.3 is 0 Å². The monoisotopic (exact) mass is 226 g/mol. The molecule has 0 saturated heterocycles. The van der Waals surface area contributed by atoms with Crippen LogP contribution < -0.4 is 0 Å². The minimum atomic E-state index is 0.0195. The van der Waals surface area contributed by atoms with Gasteiger partial charge < -0.3 is 9.52 Å². The highest BCUT2D eigenvalue weighted by Crippen LogP contribution is 2.34. The molecule has 2 nitrogen and oxygen atoms in total. The van der Waals surface area contributed by atoms with Crippen LogP contribution in [0.5, 0.6) is 0 Å². The lowest BCUT2D eigenvalue weighted by Crippen LogP contribution is -1.88. The summed E-state index contributed by atoms with van der Waals surface area (Å²) in [5.41, 5.74) is 4.08. The summed E-state index contributed by atoms with van der Waals surface area (Å²) >= 11 is 0. The van der Waals surface area contributed by atoms with Crippen LogP contribution in [0.2, 0.25) is 0 Å². The van der Waals surface area contributed by atoms with Gasteiger partial charge in [-0.1, -0.05) is 24.3 Å². The standard InChI is InChI=1S/C15H14O2/c1-9-12-5-3-4-6-13(12)10(2)15-14(9)11(7-16)8-17-15/h3-6,8,16H,7H2,1-2H3. The van der Waals surface area contributed by atoms with Crippen LogP contribution in [0.3, 0.4) is 0 Å². The molecule has 3 aromatic rings. The van der Waals surface area contributed by atoms with Gasteiger partial charge in [-0.25, -0.2) is 0 Å². The number of rotatable bonds is 1. The molecule has 0 aliphatic carbocycles. The Balaban J connectivity index is 2.61. The lowest BCUT2D eigenvalue weighted by atomic mass is 9.96. The van der Waals surface area contributed by atoms with Crippen molar-refractivity contribution in [1.82, 2.24) is 0 Å². The molecular formula is C15H14O2. The predicted molar refractivity (Wildman–Crippen MR) is 69.1 cm³/mol. The molecule has 0 amide bonds. The molecule has 0 saturated carbocycles. The van der Waals surface area contributed by atoms with Crippen molar-refractivity contribution >= 4 is 21.7 Å². The molecule has 0 aliphatic rings. The fourth-order valence-corrected chi connectivity index (χ4v) is 2.59. The molecule has 1 N–H and O–H groups in total. The van der Waals surface area contributed by atoms with Crippen molar-refractivity contribution in [3.8, 4) is 0 Å². The van der Waals surface area contributed by atoms with Gasteiger partial charge in [-0.05, 0) is 30.2 Å². The van der Waals surface area contributed by atoms with Crippen LogP contribution in [0.25, 0.3) is 21.7 Å². The maximum Gasteiger partial charge on any atom is 0.138 e. The van der Waals surface area contributed by atoms with E-state index in [1.54, 1.807) is 6.26 Å². The van der Waals surface area contributed by atoms with E-state index >= 15 is 0 Å². The summed E-state index contributed by atoms with van der Waals surface area (Å²) in [5, 5.41) is 12.9.